The minimum Gasteiger partial charge on any atom is -0.381 e. The lowest BCUT2D eigenvalue weighted by Gasteiger charge is -2.34. The summed E-state index contributed by atoms with van der Waals surface area (Å²) in [4.78, 5) is 17.1. The molecule has 1 aromatic carbocycles. The lowest BCUT2D eigenvalue weighted by molar-refractivity contribution is -0.130. The molecule has 1 aliphatic heterocycles. The molecule has 0 unspecified atom stereocenters. The fourth-order valence-electron chi connectivity index (χ4n) is 2.64. The molecule has 1 fully saturated rings. The Bertz CT molecular complexity index is 702. The van der Waals surface area contributed by atoms with E-state index in [4.69, 9.17) is 22.1 Å². The van der Waals surface area contributed by atoms with Crippen molar-refractivity contribution in [1.82, 2.24) is 4.98 Å². The molecule has 3 rings (SSSR count). The van der Waals surface area contributed by atoms with Crippen LogP contribution >= 0.6 is 35.3 Å². The van der Waals surface area contributed by atoms with E-state index < -0.39 is 5.41 Å². The second kappa shape index (κ2) is 8.27. The molecular weight excluding hydrogens is 369 g/mol. The Morgan fingerprint density at radius 3 is 2.75 bits per heavy atom. The Labute approximate surface area is 156 Å². The first-order valence-corrected chi connectivity index (χ1v) is 8.70. The van der Waals surface area contributed by atoms with Gasteiger partial charge < -0.3 is 15.8 Å². The predicted molar refractivity (Wildman–Crippen MR) is 100.0 cm³/mol. The van der Waals surface area contributed by atoms with Crippen LogP contribution in [0.5, 0.6) is 0 Å². The van der Waals surface area contributed by atoms with E-state index in [9.17, 15) is 4.79 Å². The Morgan fingerprint density at radius 2 is 2.08 bits per heavy atom. The first kappa shape index (κ1) is 19.1. The quantitative estimate of drug-likeness (QED) is 0.840. The number of nitrogens with zero attached hydrogens (tertiary/aromatic N) is 1. The average Bonchev–Trinajstić information content (AvgIpc) is 3.04. The van der Waals surface area contributed by atoms with Gasteiger partial charge in [-0.15, -0.1) is 23.7 Å². The van der Waals surface area contributed by atoms with Crippen LogP contribution in [0.15, 0.2) is 29.6 Å². The minimum absolute atomic E-state index is 0. The van der Waals surface area contributed by atoms with Gasteiger partial charge in [-0.1, -0.05) is 29.8 Å². The number of halogens is 2. The molecule has 130 valence electrons. The van der Waals surface area contributed by atoms with Gasteiger partial charge in [0.25, 0.3) is 0 Å². The largest absolute Gasteiger partial charge is 0.381 e. The van der Waals surface area contributed by atoms with Gasteiger partial charge in [-0.25, -0.2) is 4.98 Å². The van der Waals surface area contributed by atoms with Crippen LogP contribution in [-0.4, -0.2) is 30.6 Å². The van der Waals surface area contributed by atoms with Crippen molar-refractivity contribution in [3.63, 3.8) is 0 Å². The fraction of sp³-hybridized carbons (Fsp3) is 0.375. The Balaban J connectivity index is 0.00000208. The number of rotatable bonds is 4. The van der Waals surface area contributed by atoms with Crippen LogP contribution in [0.3, 0.4) is 0 Å². The van der Waals surface area contributed by atoms with E-state index in [1.165, 1.54) is 11.3 Å². The molecule has 5 nitrogen and oxygen atoms in total. The first-order chi connectivity index (χ1) is 11.1. The third-order valence-corrected chi connectivity index (χ3v) is 5.28. The van der Waals surface area contributed by atoms with Crippen molar-refractivity contribution in [2.24, 2.45) is 11.1 Å². The van der Waals surface area contributed by atoms with Crippen molar-refractivity contribution in [3.05, 3.63) is 34.7 Å². The zero-order valence-corrected chi connectivity index (χ0v) is 15.3. The van der Waals surface area contributed by atoms with Crippen LogP contribution < -0.4 is 11.1 Å². The molecule has 0 saturated carbocycles. The summed E-state index contributed by atoms with van der Waals surface area (Å²) in [5, 5.41) is 5.98. The smallest absolute Gasteiger partial charge is 0.233 e. The molecule has 0 atom stereocenters. The van der Waals surface area contributed by atoms with Crippen LogP contribution in [0.25, 0.3) is 11.3 Å². The molecule has 2 aromatic rings. The van der Waals surface area contributed by atoms with E-state index in [2.05, 4.69) is 10.3 Å². The maximum Gasteiger partial charge on any atom is 0.233 e. The molecule has 8 heteroatoms. The predicted octanol–water partition coefficient (Wildman–Crippen LogP) is 3.58. The van der Waals surface area contributed by atoms with Gasteiger partial charge in [-0.05, 0) is 18.9 Å². The number of anilines is 1. The molecule has 0 spiro atoms. The van der Waals surface area contributed by atoms with Crippen LogP contribution in [0.2, 0.25) is 5.02 Å². The Morgan fingerprint density at radius 1 is 1.38 bits per heavy atom. The van der Waals surface area contributed by atoms with Crippen molar-refractivity contribution in [3.8, 4) is 11.3 Å². The van der Waals surface area contributed by atoms with Gasteiger partial charge in [-0.3, -0.25) is 4.79 Å². The number of carbonyl (C=O) groups excluding carboxylic acids is 1. The van der Waals surface area contributed by atoms with Crippen LogP contribution in [0.1, 0.15) is 12.8 Å². The van der Waals surface area contributed by atoms with Gasteiger partial charge in [0, 0.05) is 35.7 Å². The molecule has 1 amide bonds. The molecule has 3 N–H and O–H groups in total. The minimum atomic E-state index is -0.561. The first-order valence-electron chi connectivity index (χ1n) is 7.44. The molecule has 24 heavy (non-hydrogen) atoms. The molecule has 1 aromatic heterocycles. The van der Waals surface area contributed by atoms with E-state index in [1.807, 2.05) is 29.6 Å². The van der Waals surface area contributed by atoms with Gasteiger partial charge in [-0.2, -0.15) is 0 Å². The number of nitrogens with one attached hydrogen (secondary N) is 1. The standard InChI is InChI=1S/C16H18ClN3O2S.ClH/c17-12-4-2-1-3-11(12)13-9-23-15(19-13)20-14(21)16(10-18)5-7-22-8-6-16;/h1-4,9H,5-8,10,18H2,(H,19,20,21);1H. The van der Waals surface area contributed by atoms with Gasteiger partial charge in [0.1, 0.15) is 0 Å². The van der Waals surface area contributed by atoms with Gasteiger partial charge in [0.15, 0.2) is 5.13 Å². The van der Waals surface area contributed by atoms with E-state index in [-0.39, 0.29) is 18.3 Å². The molecule has 0 radical (unpaired) electrons. The molecule has 0 bridgehead atoms. The number of aromatic nitrogens is 1. The van der Waals surface area contributed by atoms with Gasteiger partial charge >= 0.3 is 0 Å². The number of hydrogen-bond acceptors (Lipinski definition) is 5. The Hall–Kier alpha value is -1.18. The second-order valence-corrected chi connectivity index (χ2v) is 6.83. The topological polar surface area (TPSA) is 77.2 Å². The van der Waals surface area contributed by atoms with E-state index in [0.717, 1.165) is 11.3 Å². The molecule has 2 heterocycles. The zero-order valence-electron chi connectivity index (χ0n) is 13.0. The number of ether oxygens (including phenoxy) is 1. The monoisotopic (exact) mass is 387 g/mol. The van der Waals surface area contributed by atoms with E-state index >= 15 is 0 Å². The van der Waals surface area contributed by atoms with Crippen molar-refractivity contribution >= 4 is 46.4 Å². The summed E-state index contributed by atoms with van der Waals surface area (Å²) in [5.74, 6) is -0.0802. The summed E-state index contributed by atoms with van der Waals surface area (Å²) in [7, 11) is 0. The Kier molecular flexibility index (Phi) is 6.60. The highest BCUT2D eigenvalue weighted by Crippen LogP contribution is 2.33. The number of thiazole rings is 1. The van der Waals surface area contributed by atoms with E-state index in [0.29, 0.717) is 42.8 Å². The number of nitrogens with two attached hydrogens (primary N) is 1. The van der Waals surface area contributed by atoms with Crippen molar-refractivity contribution < 1.29 is 9.53 Å². The third kappa shape index (κ3) is 3.90. The average molecular weight is 388 g/mol. The molecule has 1 saturated heterocycles. The van der Waals surface area contributed by atoms with Crippen LogP contribution in [0, 0.1) is 5.41 Å². The van der Waals surface area contributed by atoms with Gasteiger partial charge in [0.2, 0.25) is 5.91 Å². The second-order valence-electron chi connectivity index (χ2n) is 5.57. The van der Waals surface area contributed by atoms with Crippen molar-refractivity contribution in [2.75, 3.05) is 25.1 Å². The summed E-state index contributed by atoms with van der Waals surface area (Å²) < 4.78 is 5.34. The number of hydrogen-bond donors (Lipinski definition) is 2. The third-order valence-electron chi connectivity index (χ3n) is 4.20. The lowest BCUT2D eigenvalue weighted by atomic mass is 9.79. The highest BCUT2D eigenvalue weighted by molar-refractivity contribution is 7.14. The molecular formula is C16H19Cl2N3O2S. The van der Waals surface area contributed by atoms with E-state index in [1.54, 1.807) is 0 Å². The summed E-state index contributed by atoms with van der Waals surface area (Å²) in [6, 6.07) is 7.50. The maximum absolute atomic E-state index is 12.6. The number of carbonyl (C=O) groups is 1. The molecule has 0 aliphatic carbocycles. The summed E-state index contributed by atoms with van der Waals surface area (Å²) in [6.07, 6.45) is 1.27. The maximum atomic E-state index is 12.6. The normalized spacial score (nSPS) is 16.2. The highest BCUT2D eigenvalue weighted by atomic mass is 35.5. The van der Waals surface area contributed by atoms with Crippen molar-refractivity contribution in [2.45, 2.75) is 12.8 Å². The highest BCUT2D eigenvalue weighted by Gasteiger charge is 2.39. The van der Waals surface area contributed by atoms with Crippen molar-refractivity contribution in [1.29, 1.82) is 0 Å². The van der Waals surface area contributed by atoms with Gasteiger partial charge in [0.05, 0.1) is 11.1 Å². The summed E-state index contributed by atoms with van der Waals surface area (Å²) in [6.45, 7) is 1.44. The summed E-state index contributed by atoms with van der Waals surface area (Å²) >= 11 is 7.57. The number of amides is 1. The zero-order chi connectivity index (χ0) is 16.3. The fourth-order valence-corrected chi connectivity index (χ4v) is 3.58. The van der Waals surface area contributed by atoms with Crippen LogP contribution in [-0.2, 0) is 9.53 Å². The summed E-state index contributed by atoms with van der Waals surface area (Å²) in [5.41, 5.74) is 6.90. The number of benzene rings is 1. The van der Waals surface area contributed by atoms with Crippen LogP contribution in [0.4, 0.5) is 5.13 Å². The SMILES string of the molecule is Cl.NCC1(C(=O)Nc2nc(-c3ccccc3Cl)cs2)CCOCC1. The molecule has 1 aliphatic rings. The lowest BCUT2D eigenvalue weighted by Crippen LogP contribution is -2.46.